The lowest BCUT2D eigenvalue weighted by atomic mass is 10.1. The van der Waals surface area contributed by atoms with Crippen molar-refractivity contribution in [2.75, 3.05) is 5.32 Å². The lowest BCUT2D eigenvalue weighted by molar-refractivity contribution is 0.102. The molecule has 0 aliphatic carbocycles. The van der Waals surface area contributed by atoms with Crippen LogP contribution in [0.1, 0.15) is 15.9 Å². The van der Waals surface area contributed by atoms with E-state index in [0.29, 0.717) is 16.4 Å². The van der Waals surface area contributed by atoms with Crippen LogP contribution in [0.15, 0.2) is 60.9 Å². The van der Waals surface area contributed by atoms with Gasteiger partial charge in [0.1, 0.15) is 5.15 Å². The first kappa shape index (κ1) is 15.2. The van der Waals surface area contributed by atoms with E-state index in [1.54, 1.807) is 30.5 Å². The van der Waals surface area contributed by atoms with Gasteiger partial charge in [-0.05, 0) is 48.9 Å². The summed E-state index contributed by atoms with van der Waals surface area (Å²) < 4.78 is 0. The van der Waals surface area contributed by atoms with Crippen LogP contribution in [0.3, 0.4) is 0 Å². The van der Waals surface area contributed by atoms with Crippen molar-refractivity contribution in [2.45, 2.75) is 6.92 Å². The van der Waals surface area contributed by atoms with Crippen molar-refractivity contribution in [3.05, 3.63) is 77.2 Å². The summed E-state index contributed by atoms with van der Waals surface area (Å²) in [6.07, 6.45) is 3.30. The maximum Gasteiger partial charge on any atom is 0.255 e. The minimum Gasteiger partial charge on any atom is -0.321 e. The molecular weight excluding hydrogens is 310 g/mol. The molecule has 0 saturated heterocycles. The molecule has 5 heteroatoms. The minimum absolute atomic E-state index is 0.196. The number of carbonyl (C=O) groups excluding carboxylic acids is 1. The molecule has 0 bridgehead atoms. The van der Waals surface area contributed by atoms with Crippen molar-refractivity contribution in [1.82, 2.24) is 9.97 Å². The second-order valence-electron chi connectivity index (χ2n) is 5.12. The Labute approximate surface area is 139 Å². The molecule has 2 heterocycles. The molecule has 4 nitrogen and oxygen atoms in total. The van der Waals surface area contributed by atoms with Gasteiger partial charge < -0.3 is 5.32 Å². The summed E-state index contributed by atoms with van der Waals surface area (Å²) in [5, 5.41) is 3.17. The number of carbonyl (C=O) groups is 1. The minimum atomic E-state index is -0.196. The highest BCUT2D eigenvalue weighted by molar-refractivity contribution is 6.29. The summed E-state index contributed by atoms with van der Waals surface area (Å²) in [5.74, 6) is -0.196. The molecule has 2 aromatic heterocycles. The molecule has 0 atom stereocenters. The van der Waals surface area contributed by atoms with Crippen LogP contribution in [0.2, 0.25) is 5.15 Å². The van der Waals surface area contributed by atoms with Gasteiger partial charge in [0.25, 0.3) is 5.91 Å². The first-order valence-electron chi connectivity index (χ1n) is 7.08. The molecule has 0 spiro atoms. The Morgan fingerprint density at radius 3 is 2.48 bits per heavy atom. The van der Waals surface area contributed by atoms with Crippen molar-refractivity contribution >= 4 is 23.2 Å². The fourth-order valence-electron chi connectivity index (χ4n) is 2.14. The maximum absolute atomic E-state index is 12.2. The number of aromatic nitrogens is 2. The SMILES string of the molecule is Cc1ccnc(-c2ccc(C(=O)Nc3ccc(Cl)nc3)cc2)c1. The van der Waals surface area contributed by atoms with Gasteiger partial charge in [0.05, 0.1) is 17.6 Å². The molecular formula is C18H14ClN3O. The van der Waals surface area contributed by atoms with E-state index in [4.69, 9.17) is 11.6 Å². The fourth-order valence-corrected chi connectivity index (χ4v) is 2.25. The van der Waals surface area contributed by atoms with Crippen molar-refractivity contribution < 1.29 is 4.79 Å². The van der Waals surface area contributed by atoms with Crippen molar-refractivity contribution in [1.29, 1.82) is 0 Å². The van der Waals surface area contributed by atoms with E-state index >= 15 is 0 Å². The van der Waals surface area contributed by atoms with Gasteiger partial charge in [0.2, 0.25) is 0 Å². The van der Waals surface area contributed by atoms with Crippen LogP contribution >= 0.6 is 11.6 Å². The highest BCUT2D eigenvalue weighted by Gasteiger charge is 2.07. The van der Waals surface area contributed by atoms with E-state index in [1.165, 1.54) is 6.20 Å². The van der Waals surface area contributed by atoms with Gasteiger partial charge in [-0.15, -0.1) is 0 Å². The second-order valence-corrected chi connectivity index (χ2v) is 5.51. The summed E-state index contributed by atoms with van der Waals surface area (Å²) in [6.45, 7) is 2.02. The number of anilines is 1. The largest absolute Gasteiger partial charge is 0.321 e. The number of rotatable bonds is 3. The van der Waals surface area contributed by atoms with Crippen LogP contribution < -0.4 is 5.32 Å². The standard InChI is InChI=1S/C18H14ClN3O/c1-12-8-9-20-16(10-12)13-2-4-14(5-3-13)18(23)22-15-6-7-17(19)21-11-15/h2-11H,1H3,(H,22,23). The number of hydrogen-bond donors (Lipinski definition) is 1. The van der Waals surface area contributed by atoms with E-state index < -0.39 is 0 Å². The average molecular weight is 324 g/mol. The Bertz CT molecular complexity index is 830. The molecule has 0 aliphatic heterocycles. The highest BCUT2D eigenvalue weighted by atomic mass is 35.5. The lowest BCUT2D eigenvalue weighted by Crippen LogP contribution is -2.11. The predicted molar refractivity (Wildman–Crippen MR) is 91.6 cm³/mol. The Morgan fingerprint density at radius 1 is 1.04 bits per heavy atom. The van der Waals surface area contributed by atoms with Crippen LogP contribution in [0.25, 0.3) is 11.3 Å². The molecule has 23 heavy (non-hydrogen) atoms. The van der Waals surface area contributed by atoms with Crippen molar-refractivity contribution in [2.24, 2.45) is 0 Å². The molecule has 0 fully saturated rings. The number of benzene rings is 1. The molecule has 1 N–H and O–H groups in total. The third-order valence-corrected chi connectivity index (χ3v) is 3.57. The summed E-state index contributed by atoms with van der Waals surface area (Å²) in [5.41, 5.74) is 4.17. The Hall–Kier alpha value is -2.72. The first-order chi connectivity index (χ1) is 11.1. The summed E-state index contributed by atoms with van der Waals surface area (Å²) in [6, 6.07) is 14.6. The average Bonchev–Trinajstić information content (AvgIpc) is 2.57. The smallest absolute Gasteiger partial charge is 0.255 e. The number of aryl methyl sites for hydroxylation is 1. The number of amides is 1. The molecule has 1 aromatic carbocycles. The fraction of sp³-hybridized carbons (Fsp3) is 0.0556. The molecule has 3 aromatic rings. The van der Waals surface area contributed by atoms with Gasteiger partial charge in [-0.1, -0.05) is 23.7 Å². The molecule has 0 unspecified atom stereocenters. The predicted octanol–water partition coefficient (Wildman–Crippen LogP) is 4.36. The van der Waals surface area contributed by atoms with Crippen LogP contribution in [0.4, 0.5) is 5.69 Å². The van der Waals surface area contributed by atoms with E-state index in [0.717, 1.165) is 16.8 Å². The highest BCUT2D eigenvalue weighted by Crippen LogP contribution is 2.19. The molecule has 0 aliphatic rings. The summed E-state index contributed by atoms with van der Waals surface area (Å²) in [7, 11) is 0. The third kappa shape index (κ3) is 3.73. The number of nitrogens with one attached hydrogen (secondary N) is 1. The molecule has 3 rings (SSSR count). The van der Waals surface area contributed by atoms with Crippen molar-refractivity contribution in [3.63, 3.8) is 0 Å². The van der Waals surface area contributed by atoms with Gasteiger partial charge in [-0.2, -0.15) is 0 Å². The second kappa shape index (κ2) is 6.58. The zero-order valence-electron chi connectivity index (χ0n) is 12.5. The maximum atomic E-state index is 12.2. The number of pyridine rings is 2. The van der Waals surface area contributed by atoms with Crippen LogP contribution in [0.5, 0.6) is 0 Å². The Kier molecular flexibility index (Phi) is 4.35. The molecule has 1 amide bonds. The number of halogens is 1. The van der Waals surface area contributed by atoms with Crippen molar-refractivity contribution in [3.8, 4) is 11.3 Å². The third-order valence-electron chi connectivity index (χ3n) is 3.34. The Morgan fingerprint density at radius 2 is 1.83 bits per heavy atom. The van der Waals surface area contributed by atoms with Gasteiger partial charge in [-0.25, -0.2) is 4.98 Å². The van der Waals surface area contributed by atoms with Crippen LogP contribution in [-0.4, -0.2) is 15.9 Å². The lowest BCUT2D eigenvalue weighted by Gasteiger charge is -2.06. The van der Waals surface area contributed by atoms with E-state index in [9.17, 15) is 4.79 Å². The normalized spacial score (nSPS) is 10.3. The van der Waals surface area contributed by atoms with E-state index in [2.05, 4.69) is 15.3 Å². The topological polar surface area (TPSA) is 54.9 Å². The van der Waals surface area contributed by atoms with Crippen LogP contribution in [0, 0.1) is 6.92 Å². The number of nitrogens with zero attached hydrogens (tertiary/aromatic N) is 2. The molecule has 114 valence electrons. The van der Waals surface area contributed by atoms with Gasteiger partial charge in [-0.3, -0.25) is 9.78 Å². The quantitative estimate of drug-likeness (QED) is 0.729. The van der Waals surface area contributed by atoms with Gasteiger partial charge in [0, 0.05) is 17.3 Å². The van der Waals surface area contributed by atoms with Gasteiger partial charge >= 0.3 is 0 Å². The monoisotopic (exact) mass is 323 g/mol. The van der Waals surface area contributed by atoms with E-state index in [-0.39, 0.29) is 5.91 Å². The molecule has 0 saturated carbocycles. The van der Waals surface area contributed by atoms with Gasteiger partial charge in [0.15, 0.2) is 0 Å². The number of hydrogen-bond acceptors (Lipinski definition) is 3. The zero-order chi connectivity index (χ0) is 16.2. The molecule has 0 radical (unpaired) electrons. The zero-order valence-corrected chi connectivity index (χ0v) is 13.2. The first-order valence-corrected chi connectivity index (χ1v) is 7.45. The van der Waals surface area contributed by atoms with Crippen LogP contribution in [-0.2, 0) is 0 Å². The van der Waals surface area contributed by atoms with E-state index in [1.807, 2.05) is 31.2 Å². The summed E-state index contributed by atoms with van der Waals surface area (Å²) in [4.78, 5) is 20.5. The Balaban J connectivity index is 1.76. The summed E-state index contributed by atoms with van der Waals surface area (Å²) >= 11 is 5.72.